The first kappa shape index (κ1) is 13.2. The average molecular weight is 386 g/mol. The zero-order valence-electron chi connectivity index (χ0n) is 10.3. The van der Waals surface area contributed by atoms with Crippen molar-refractivity contribution in [3.05, 3.63) is 50.3 Å². The Morgan fingerprint density at radius 3 is 2.89 bits per heavy atom. The van der Waals surface area contributed by atoms with Crippen molar-refractivity contribution in [2.75, 3.05) is 12.3 Å². The number of nitrogens with zero attached hydrogens (tertiary/aromatic N) is 1. The number of nitrogen functional groups attached to an aromatic ring is 1. The molecule has 0 saturated heterocycles. The lowest BCUT2D eigenvalue weighted by Gasteiger charge is -2.28. The summed E-state index contributed by atoms with van der Waals surface area (Å²) in [5.74, 6) is 0.955. The van der Waals surface area contributed by atoms with E-state index in [0.717, 1.165) is 46.6 Å². The van der Waals surface area contributed by atoms with E-state index in [0.29, 0.717) is 0 Å². The first-order valence-electron chi connectivity index (χ1n) is 6.16. The van der Waals surface area contributed by atoms with Crippen LogP contribution >= 0.6 is 31.9 Å². The normalized spacial score (nSPS) is 15.5. The molecule has 5 heteroatoms. The lowest BCUT2D eigenvalue weighted by Crippen LogP contribution is -2.30. The molecule has 2 heterocycles. The van der Waals surface area contributed by atoms with Gasteiger partial charge in [0.15, 0.2) is 4.67 Å². The van der Waals surface area contributed by atoms with Crippen molar-refractivity contribution < 1.29 is 4.42 Å². The van der Waals surface area contributed by atoms with E-state index in [4.69, 9.17) is 10.2 Å². The zero-order chi connectivity index (χ0) is 13.4. The van der Waals surface area contributed by atoms with Crippen LogP contribution in [0.5, 0.6) is 0 Å². The molecule has 19 heavy (non-hydrogen) atoms. The molecule has 3 nitrogen and oxygen atoms in total. The molecule has 0 saturated carbocycles. The van der Waals surface area contributed by atoms with Crippen LogP contribution in [0.2, 0.25) is 0 Å². The van der Waals surface area contributed by atoms with Gasteiger partial charge in [0.2, 0.25) is 0 Å². The van der Waals surface area contributed by atoms with Crippen LogP contribution < -0.4 is 5.73 Å². The summed E-state index contributed by atoms with van der Waals surface area (Å²) in [5.41, 5.74) is 9.59. The van der Waals surface area contributed by atoms with Crippen molar-refractivity contribution in [2.24, 2.45) is 0 Å². The van der Waals surface area contributed by atoms with Crippen LogP contribution in [-0.4, -0.2) is 11.4 Å². The van der Waals surface area contributed by atoms with Gasteiger partial charge in [0.25, 0.3) is 0 Å². The number of anilines is 1. The molecule has 3 rings (SSSR count). The maximum absolute atomic E-state index is 6.06. The number of benzene rings is 1. The van der Waals surface area contributed by atoms with E-state index in [2.05, 4.69) is 42.8 Å². The first-order valence-corrected chi connectivity index (χ1v) is 7.74. The molecule has 1 aromatic carbocycles. The van der Waals surface area contributed by atoms with Crippen molar-refractivity contribution in [1.29, 1.82) is 0 Å². The number of halogens is 2. The predicted molar refractivity (Wildman–Crippen MR) is 82.8 cm³/mol. The molecule has 1 aromatic heterocycles. The minimum absolute atomic E-state index is 0.749. The Morgan fingerprint density at radius 1 is 1.32 bits per heavy atom. The van der Waals surface area contributed by atoms with E-state index in [9.17, 15) is 0 Å². The lowest BCUT2D eigenvalue weighted by atomic mass is 9.98. The summed E-state index contributed by atoms with van der Waals surface area (Å²) in [6, 6.07) is 8.18. The minimum atomic E-state index is 0.749. The van der Waals surface area contributed by atoms with Crippen LogP contribution in [0.15, 0.2) is 37.8 Å². The number of nitrogens with two attached hydrogens (primary N) is 1. The Hall–Kier alpha value is -0.780. The second-order valence-corrected chi connectivity index (χ2v) is 6.35. The SMILES string of the molecule is Nc1cccc2c1CN(Cc1cc(Br)c(Br)o1)CC2. The predicted octanol–water partition coefficient (Wildman–Crippen LogP) is 3.95. The largest absolute Gasteiger partial charge is 0.452 e. The molecule has 1 aliphatic heterocycles. The fourth-order valence-corrected chi connectivity index (χ4v) is 3.15. The van der Waals surface area contributed by atoms with Crippen LogP contribution in [0.1, 0.15) is 16.9 Å². The maximum Gasteiger partial charge on any atom is 0.183 e. The highest BCUT2D eigenvalue weighted by atomic mass is 79.9. The molecule has 1 aliphatic rings. The van der Waals surface area contributed by atoms with Crippen LogP contribution in [-0.2, 0) is 19.5 Å². The zero-order valence-corrected chi connectivity index (χ0v) is 13.5. The van der Waals surface area contributed by atoms with E-state index in [1.54, 1.807) is 0 Å². The third kappa shape index (κ3) is 2.73. The molecule has 0 radical (unpaired) electrons. The number of furan rings is 1. The quantitative estimate of drug-likeness (QED) is 0.796. The molecule has 0 bridgehead atoms. The van der Waals surface area contributed by atoms with Crippen LogP contribution in [0.4, 0.5) is 5.69 Å². The Labute approximate surface area is 129 Å². The van der Waals surface area contributed by atoms with Gasteiger partial charge in [0, 0.05) is 18.8 Å². The third-order valence-corrected chi connectivity index (χ3v) is 5.17. The van der Waals surface area contributed by atoms with Gasteiger partial charge in [-0.15, -0.1) is 0 Å². The molecule has 0 spiro atoms. The molecule has 0 atom stereocenters. The van der Waals surface area contributed by atoms with Crippen LogP contribution in [0.3, 0.4) is 0 Å². The van der Waals surface area contributed by atoms with Gasteiger partial charge in [-0.1, -0.05) is 12.1 Å². The van der Waals surface area contributed by atoms with E-state index >= 15 is 0 Å². The van der Waals surface area contributed by atoms with Gasteiger partial charge in [0.1, 0.15) is 5.76 Å². The number of fused-ring (bicyclic) bond motifs is 1. The van der Waals surface area contributed by atoms with Crippen molar-refractivity contribution in [1.82, 2.24) is 4.90 Å². The monoisotopic (exact) mass is 384 g/mol. The van der Waals surface area contributed by atoms with Crippen molar-refractivity contribution in [2.45, 2.75) is 19.5 Å². The van der Waals surface area contributed by atoms with Gasteiger partial charge in [-0.3, -0.25) is 4.90 Å². The molecular formula is C14H14Br2N2O. The highest BCUT2D eigenvalue weighted by molar-refractivity contribution is 9.13. The summed E-state index contributed by atoms with van der Waals surface area (Å²) >= 11 is 6.81. The maximum atomic E-state index is 6.06. The Bertz CT molecular complexity index is 590. The Kier molecular flexibility index (Phi) is 3.69. The fourth-order valence-electron chi connectivity index (χ4n) is 2.49. The van der Waals surface area contributed by atoms with Gasteiger partial charge in [-0.05, 0) is 61.5 Å². The molecule has 0 amide bonds. The van der Waals surface area contributed by atoms with E-state index in [1.165, 1.54) is 11.1 Å². The molecule has 2 N–H and O–H groups in total. The van der Waals surface area contributed by atoms with Crippen molar-refractivity contribution in [3.8, 4) is 0 Å². The molecule has 100 valence electrons. The van der Waals surface area contributed by atoms with E-state index in [1.807, 2.05) is 18.2 Å². The summed E-state index contributed by atoms with van der Waals surface area (Å²) in [6.45, 7) is 2.72. The smallest absolute Gasteiger partial charge is 0.183 e. The van der Waals surface area contributed by atoms with Gasteiger partial charge in [-0.2, -0.15) is 0 Å². The van der Waals surface area contributed by atoms with Crippen LogP contribution in [0, 0.1) is 0 Å². The van der Waals surface area contributed by atoms with Crippen LogP contribution in [0.25, 0.3) is 0 Å². The second kappa shape index (κ2) is 5.31. The van der Waals surface area contributed by atoms with Crippen molar-refractivity contribution >= 4 is 37.5 Å². The van der Waals surface area contributed by atoms with E-state index < -0.39 is 0 Å². The van der Waals surface area contributed by atoms with Gasteiger partial charge < -0.3 is 10.2 Å². The topological polar surface area (TPSA) is 42.4 Å². The Morgan fingerprint density at radius 2 is 2.16 bits per heavy atom. The van der Waals surface area contributed by atoms with Gasteiger partial charge in [-0.25, -0.2) is 0 Å². The summed E-state index contributed by atoms with van der Waals surface area (Å²) < 4.78 is 7.34. The number of hydrogen-bond acceptors (Lipinski definition) is 3. The summed E-state index contributed by atoms with van der Waals surface area (Å²) in [5, 5.41) is 0. The third-order valence-electron chi connectivity index (χ3n) is 3.46. The molecule has 0 aliphatic carbocycles. The van der Waals surface area contributed by atoms with E-state index in [-0.39, 0.29) is 0 Å². The minimum Gasteiger partial charge on any atom is -0.452 e. The summed E-state index contributed by atoms with van der Waals surface area (Å²) in [7, 11) is 0. The standard InChI is InChI=1S/C14H14Br2N2O/c15-12-6-10(19-14(12)16)7-18-5-4-9-2-1-3-13(17)11(9)8-18/h1-3,6H,4-5,7-8,17H2. The molecular weight excluding hydrogens is 372 g/mol. The second-order valence-electron chi connectivity index (χ2n) is 4.78. The molecule has 2 aromatic rings. The fraction of sp³-hybridized carbons (Fsp3) is 0.286. The highest BCUT2D eigenvalue weighted by Crippen LogP contribution is 2.29. The van der Waals surface area contributed by atoms with Crippen molar-refractivity contribution in [3.63, 3.8) is 0 Å². The van der Waals surface area contributed by atoms with Gasteiger partial charge >= 0.3 is 0 Å². The molecule has 0 fully saturated rings. The number of hydrogen-bond donors (Lipinski definition) is 1. The molecule has 0 unspecified atom stereocenters. The summed E-state index contributed by atoms with van der Waals surface area (Å²) in [4.78, 5) is 2.36. The lowest BCUT2D eigenvalue weighted by molar-refractivity contribution is 0.225. The Balaban J connectivity index is 1.77. The van der Waals surface area contributed by atoms with Gasteiger partial charge in [0.05, 0.1) is 11.0 Å². The highest BCUT2D eigenvalue weighted by Gasteiger charge is 2.19. The average Bonchev–Trinajstić information content (AvgIpc) is 2.69. The first-order chi connectivity index (χ1) is 9.13. The summed E-state index contributed by atoms with van der Waals surface area (Å²) in [6.07, 6.45) is 1.05. The number of rotatable bonds is 2.